The average molecular weight is 383 g/mol. The molecule has 0 radical (unpaired) electrons. The monoisotopic (exact) mass is 382 g/mol. The van der Waals surface area contributed by atoms with Crippen LogP contribution in [0.25, 0.3) is 10.9 Å². The number of halogens is 1. The molecule has 1 N–H and O–H groups in total. The van der Waals surface area contributed by atoms with Gasteiger partial charge in [-0.2, -0.15) is 0 Å². The molecule has 1 atom stereocenters. The molecule has 1 amide bonds. The van der Waals surface area contributed by atoms with E-state index in [4.69, 9.17) is 11.6 Å². The Morgan fingerprint density at radius 2 is 1.93 bits per heavy atom. The fraction of sp³-hybridized carbons (Fsp3) is 0.273. The van der Waals surface area contributed by atoms with E-state index in [-0.39, 0.29) is 22.9 Å². The lowest BCUT2D eigenvalue weighted by atomic mass is 10.1. The molecule has 0 aliphatic heterocycles. The van der Waals surface area contributed by atoms with Crippen molar-refractivity contribution in [1.82, 2.24) is 9.88 Å². The van der Waals surface area contributed by atoms with Crippen LogP contribution >= 0.6 is 11.6 Å². The van der Waals surface area contributed by atoms with Gasteiger partial charge in [0.15, 0.2) is 0 Å². The van der Waals surface area contributed by atoms with Crippen LogP contribution in [0.2, 0.25) is 5.02 Å². The molecule has 0 bridgehead atoms. The van der Waals surface area contributed by atoms with Crippen molar-refractivity contribution in [2.75, 3.05) is 0 Å². The van der Waals surface area contributed by atoms with E-state index in [1.54, 1.807) is 18.3 Å². The van der Waals surface area contributed by atoms with Crippen molar-refractivity contribution in [2.45, 2.75) is 39.3 Å². The van der Waals surface area contributed by atoms with Crippen LogP contribution in [0.15, 0.2) is 59.5 Å². The van der Waals surface area contributed by atoms with Crippen molar-refractivity contribution in [3.05, 3.63) is 81.1 Å². The lowest BCUT2D eigenvalue weighted by Crippen LogP contribution is -2.36. The minimum Gasteiger partial charge on any atom is -0.349 e. The fourth-order valence-electron chi connectivity index (χ4n) is 3.19. The number of hydrogen-bond acceptors (Lipinski definition) is 2. The third kappa shape index (κ3) is 4.40. The minimum absolute atomic E-state index is 0.0396. The van der Waals surface area contributed by atoms with Crippen LogP contribution in [0.5, 0.6) is 0 Å². The highest BCUT2D eigenvalue weighted by atomic mass is 35.5. The van der Waals surface area contributed by atoms with Crippen LogP contribution in [-0.2, 0) is 13.0 Å². The number of aryl methyl sites for hydroxylation is 2. The summed E-state index contributed by atoms with van der Waals surface area (Å²) in [6, 6.07) is 15.3. The van der Waals surface area contributed by atoms with E-state index >= 15 is 0 Å². The van der Waals surface area contributed by atoms with Gasteiger partial charge in [0, 0.05) is 29.2 Å². The number of aromatic nitrogens is 1. The molecule has 1 aromatic heterocycles. The zero-order chi connectivity index (χ0) is 19.4. The predicted molar refractivity (Wildman–Crippen MR) is 111 cm³/mol. The van der Waals surface area contributed by atoms with E-state index < -0.39 is 0 Å². The van der Waals surface area contributed by atoms with Gasteiger partial charge in [-0.25, -0.2) is 0 Å². The van der Waals surface area contributed by atoms with Gasteiger partial charge in [-0.1, -0.05) is 41.9 Å². The number of carbonyl (C=O) groups is 1. The SMILES string of the molecule is CCn1cc(C(=O)N[C@H](C)CCc2ccccc2)c(=O)c2cc(Cl)ccc21. The van der Waals surface area contributed by atoms with Crippen LogP contribution in [0.4, 0.5) is 0 Å². The van der Waals surface area contributed by atoms with Crippen molar-refractivity contribution < 1.29 is 4.79 Å². The van der Waals surface area contributed by atoms with Gasteiger partial charge in [0.25, 0.3) is 5.91 Å². The van der Waals surface area contributed by atoms with E-state index in [0.29, 0.717) is 17.0 Å². The normalized spacial score (nSPS) is 12.1. The molecule has 1 heterocycles. The van der Waals surface area contributed by atoms with Gasteiger partial charge in [0.2, 0.25) is 5.43 Å². The fourth-order valence-corrected chi connectivity index (χ4v) is 3.37. The summed E-state index contributed by atoms with van der Waals surface area (Å²) < 4.78 is 1.90. The molecule has 0 saturated carbocycles. The highest BCUT2D eigenvalue weighted by Gasteiger charge is 2.17. The molecule has 0 aliphatic carbocycles. The summed E-state index contributed by atoms with van der Waals surface area (Å²) in [5.74, 6) is -0.343. The summed E-state index contributed by atoms with van der Waals surface area (Å²) in [5.41, 5.74) is 1.87. The summed E-state index contributed by atoms with van der Waals surface area (Å²) in [6.45, 7) is 4.59. The quantitative estimate of drug-likeness (QED) is 0.685. The molecule has 0 fully saturated rings. The first-order valence-corrected chi connectivity index (χ1v) is 9.55. The maximum absolute atomic E-state index is 12.8. The maximum Gasteiger partial charge on any atom is 0.256 e. The van der Waals surface area contributed by atoms with Gasteiger partial charge in [0.05, 0.1) is 5.52 Å². The number of carbonyl (C=O) groups excluding carboxylic acids is 1. The standard InChI is InChI=1S/C22H23ClN2O2/c1-3-25-14-19(21(26)18-13-17(23)11-12-20(18)25)22(27)24-15(2)9-10-16-7-5-4-6-8-16/h4-8,11-15H,3,9-10H2,1-2H3,(H,24,27)/t15-/m1/s1. The van der Waals surface area contributed by atoms with Gasteiger partial charge in [0.1, 0.15) is 5.56 Å². The van der Waals surface area contributed by atoms with Crippen molar-refractivity contribution in [2.24, 2.45) is 0 Å². The maximum atomic E-state index is 12.8. The largest absolute Gasteiger partial charge is 0.349 e. The highest BCUT2D eigenvalue weighted by Crippen LogP contribution is 2.18. The van der Waals surface area contributed by atoms with Crippen LogP contribution < -0.4 is 10.7 Å². The Kier molecular flexibility index (Phi) is 5.97. The van der Waals surface area contributed by atoms with Crippen molar-refractivity contribution >= 4 is 28.4 Å². The molecule has 2 aromatic carbocycles. The summed E-state index contributed by atoms with van der Waals surface area (Å²) in [6.07, 6.45) is 3.31. The molecule has 0 aliphatic rings. The third-order valence-corrected chi connectivity index (χ3v) is 4.95. The lowest BCUT2D eigenvalue weighted by Gasteiger charge is -2.16. The highest BCUT2D eigenvalue weighted by molar-refractivity contribution is 6.31. The molecular weight excluding hydrogens is 360 g/mol. The number of benzene rings is 2. The predicted octanol–water partition coefficient (Wildman–Crippen LogP) is 4.43. The molecule has 3 rings (SSSR count). The number of fused-ring (bicyclic) bond motifs is 1. The molecule has 27 heavy (non-hydrogen) atoms. The molecule has 0 spiro atoms. The van der Waals surface area contributed by atoms with Gasteiger partial charge < -0.3 is 9.88 Å². The summed E-state index contributed by atoms with van der Waals surface area (Å²) in [7, 11) is 0. The van der Waals surface area contributed by atoms with Crippen LogP contribution in [0.3, 0.4) is 0 Å². The second kappa shape index (κ2) is 8.40. The Balaban J connectivity index is 1.80. The first-order chi connectivity index (χ1) is 13.0. The topological polar surface area (TPSA) is 51.1 Å². The Labute approximate surface area is 163 Å². The van der Waals surface area contributed by atoms with E-state index in [0.717, 1.165) is 18.4 Å². The third-order valence-electron chi connectivity index (χ3n) is 4.71. The van der Waals surface area contributed by atoms with E-state index in [9.17, 15) is 9.59 Å². The smallest absolute Gasteiger partial charge is 0.256 e. The van der Waals surface area contributed by atoms with Gasteiger partial charge in [-0.3, -0.25) is 9.59 Å². The first-order valence-electron chi connectivity index (χ1n) is 9.17. The van der Waals surface area contributed by atoms with E-state index in [1.165, 1.54) is 5.56 Å². The molecule has 0 unspecified atom stereocenters. The first kappa shape index (κ1) is 19.2. The number of nitrogens with one attached hydrogen (secondary N) is 1. The molecule has 0 saturated heterocycles. The number of nitrogens with zero attached hydrogens (tertiary/aromatic N) is 1. The van der Waals surface area contributed by atoms with Gasteiger partial charge >= 0.3 is 0 Å². The molecule has 5 heteroatoms. The summed E-state index contributed by atoms with van der Waals surface area (Å²) >= 11 is 6.05. The summed E-state index contributed by atoms with van der Waals surface area (Å²) in [4.78, 5) is 25.5. The average Bonchev–Trinajstić information content (AvgIpc) is 2.67. The Bertz CT molecular complexity index is 1010. The zero-order valence-electron chi connectivity index (χ0n) is 15.5. The Hall–Kier alpha value is -2.59. The second-order valence-corrected chi connectivity index (χ2v) is 7.15. The number of amides is 1. The molecule has 4 nitrogen and oxygen atoms in total. The van der Waals surface area contributed by atoms with Crippen molar-refractivity contribution in [1.29, 1.82) is 0 Å². The van der Waals surface area contributed by atoms with E-state index in [2.05, 4.69) is 17.4 Å². The number of rotatable bonds is 6. The second-order valence-electron chi connectivity index (χ2n) is 6.72. The van der Waals surface area contributed by atoms with E-state index in [1.807, 2.05) is 42.7 Å². The van der Waals surface area contributed by atoms with Crippen LogP contribution in [0.1, 0.15) is 36.2 Å². The molecule has 3 aromatic rings. The molecule has 140 valence electrons. The van der Waals surface area contributed by atoms with Crippen molar-refractivity contribution in [3.8, 4) is 0 Å². The number of hydrogen-bond donors (Lipinski definition) is 1. The van der Waals surface area contributed by atoms with Crippen LogP contribution in [-0.4, -0.2) is 16.5 Å². The number of pyridine rings is 1. The van der Waals surface area contributed by atoms with Gasteiger partial charge in [-0.15, -0.1) is 0 Å². The van der Waals surface area contributed by atoms with Crippen LogP contribution in [0, 0.1) is 0 Å². The zero-order valence-corrected chi connectivity index (χ0v) is 16.3. The Morgan fingerprint density at radius 1 is 1.19 bits per heavy atom. The van der Waals surface area contributed by atoms with Crippen molar-refractivity contribution in [3.63, 3.8) is 0 Å². The minimum atomic E-state index is -0.343. The Morgan fingerprint density at radius 3 is 2.63 bits per heavy atom. The lowest BCUT2D eigenvalue weighted by molar-refractivity contribution is 0.0937. The summed E-state index contributed by atoms with van der Waals surface area (Å²) in [5, 5.41) is 3.90. The molecular formula is C22H23ClN2O2. The van der Waals surface area contributed by atoms with Gasteiger partial charge in [-0.05, 0) is 50.5 Å².